The van der Waals surface area contributed by atoms with Crippen LogP contribution in [0.3, 0.4) is 0 Å². The van der Waals surface area contributed by atoms with E-state index < -0.39 is 0 Å². The summed E-state index contributed by atoms with van der Waals surface area (Å²) in [5.74, 6) is -0.276. The van der Waals surface area contributed by atoms with E-state index >= 15 is 0 Å². The van der Waals surface area contributed by atoms with Gasteiger partial charge in [-0.1, -0.05) is 42.5 Å². The van der Waals surface area contributed by atoms with Crippen LogP contribution in [0.25, 0.3) is 22.2 Å². The highest BCUT2D eigenvalue weighted by molar-refractivity contribution is 5.94. The van der Waals surface area contributed by atoms with Crippen molar-refractivity contribution in [3.63, 3.8) is 0 Å². The van der Waals surface area contributed by atoms with Crippen LogP contribution in [0.2, 0.25) is 0 Å². The molecule has 3 nitrogen and oxygen atoms in total. The molecular formula is C19H15ClFN3. The Balaban J connectivity index is 0.00000169. The number of nitrogens with one attached hydrogen (secondary N) is 2. The summed E-state index contributed by atoms with van der Waals surface area (Å²) in [5, 5.41) is 11.6. The van der Waals surface area contributed by atoms with Crippen molar-refractivity contribution in [1.82, 2.24) is 10.2 Å². The smallest absolute Gasteiger partial charge is 0.146 e. The number of nitrogens with zero attached hydrogens (tertiary/aromatic N) is 1. The van der Waals surface area contributed by atoms with Gasteiger partial charge in [0.25, 0.3) is 0 Å². The molecule has 24 heavy (non-hydrogen) atoms. The normalized spacial score (nSPS) is 10.4. The molecule has 5 heteroatoms. The Kier molecular flexibility index (Phi) is 4.49. The van der Waals surface area contributed by atoms with Gasteiger partial charge in [-0.3, -0.25) is 5.10 Å². The molecule has 0 aliphatic heterocycles. The van der Waals surface area contributed by atoms with Gasteiger partial charge in [0.05, 0.1) is 16.9 Å². The fourth-order valence-corrected chi connectivity index (χ4v) is 2.63. The van der Waals surface area contributed by atoms with Crippen molar-refractivity contribution in [3.05, 3.63) is 78.6 Å². The molecule has 0 saturated heterocycles. The third-order valence-corrected chi connectivity index (χ3v) is 3.76. The van der Waals surface area contributed by atoms with Gasteiger partial charge >= 0.3 is 0 Å². The third-order valence-electron chi connectivity index (χ3n) is 3.76. The Labute approximate surface area is 144 Å². The molecule has 2 N–H and O–H groups in total. The number of anilines is 2. The Morgan fingerprint density at radius 1 is 0.875 bits per heavy atom. The Morgan fingerprint density at radius 2 is 1.62 bits per heavy atom. The molecule has 0 amide bonds. The van der Waals surface area contributed by atoms with E-state index in [1.54, 1.807) is 18.2 Å². The van der Waals surface area contributed by atoms with Crippen molar-refractivity contribution in [1.29, 1.82) is 0 Å². The molecule has 3 aromatic carbocycles. The lowest BCUT2D eigenvalue weighted by Crippen LogP contribution is -1.93. The maximum absolute atomic E-state index is 13.7. The summed E-state index contributed by atoms with van der Waals surface area (Å²) in [6.07, 6.45) is 0. The number of halogens is 2. The van der Waals surface area contributed by atoms with E-state index in [1.165, 1.54) is 6.07 Å². The Morgan fingerprint density at radius 3 is 2.42 bits per heavy atom. The predicted molar refractivity (Wildman–Crippen MR) is 98.5 cm³/mol. The van der Waals surface area contributed by atoms with E-state index in [2.05, 4.69) is 15.5 Å². The van der Waals surface area contributed by atoms with Gasteiger partial charge in [-0.15, -0.1) is 12.4 Å². The maximum atomic E-state index is 13.7. The lowest BCUT2D eigenvalue weighted by molar-refractivity contribution is 0.632. The molecule has 0 atom stereocenters. The minimum atomic E-state index is -0.276. The van der Waals surface area contributed by atoms with E-state index in [4.69, 9.17) is 0 Å². The number of aromatic amines is 1. The number of aromatic nitrogens is 2. The first-order valence-electron chi connectivity index (χ1n) is 7.36. The molecule has 0 radical (unpaired) electrons. The Hall–Kier alpha value is -2.85. The van der Waals surface area contributed by atoms with E-state index in [0.717, 1.165) is 27.8 Å². The Bertz CT molecular complexity index is 967. The van der Waals surface area contributed by atoms with Gasteiger partial charge in [-0.05, 0) is 30.3 Å². The highest BCUT2D eigenvalue weighted by Gasteiger charge is 2.09. The number of rotatable bonds is 3. The molecule has 0 aliphatic carbocycles. The summed E-state index contributed by atoms with van der Waals surface area (Å²) in [5.41, 5.74) is 4.15. The summed E-state index contributed by atoms with van der Waals surface area (Å²) in [6, 6.07) is 22.5. The van der Waals surface area contributed by atoms with Crippen molar-refractivity contribution in [2.24, 2.45) is 0 Å². The van der Waals surface area contributed by atoms with Crippen LogP contribution in [-0.4, -0.2) is 10.2 Å². The monoisotopic (exact) mass is 339 g/mol. The van der Waals surface area contributed by atoms with E-state index in [0.29, 0.717) is 5.69 Å². The number of para-hydroxylation sites is 1. The van der Waals surface area contributed by atoms with Crippen LogP contribution in [0.1, 0.15) is 0 Å². The first-order valence-corrected chi connectivity index (χ1v) is 7.36. The lowest BCUT2D eigenvalue weighted by Gasteiger charge is -2.07. The second kappa shape index (κ2) is 6.72. The molecule has 0 saturated carbocycles. The van der Waals surface area contributed by atoms with E-state index in [9.17, 15) is 4.39 Å². The minimum absolute atomic E-state index is 0. The molecular weight excluding hydrogens is 325 g/mol. The summed E-state index contributed by atoms with van der Waals surface area (Å²) < 4.78 is 13.7. The average Bonchev–Trinajstić information content (AvgIpc) is 3.01. The highest BCUT2D eigenvalue weighted by atomic mass is 35.5. The quantitative estimate of drug-likeness (QED) is 0.515. The number of fused-ring (bicyclic) bond motifs is 1. The zero-order chi connectivity index (χ0) is 15.6. The van der Waals surface area contributed by atoms with Crippen LogP contribution in [-0.2, 0) is 0 Å². The number of hydrogen-bond donors (Lipinski definition) is 2. The van der Waals surface area contributed by atoms with Crippen molar-refractivity contribution < 1.29 is 4.39 Å². The van der Waals surface area contributed by atoms with Crippen LogP contribution in [0.5, 0.6) is 0 Å². The fraction of sp³-hybridized carbons (Fsp3) is 0. The average molecular weight is 340 g/mol. The van der Waals surface area contributed by atoms with Crippen LogP contribution < -0.4 is 5.32 Å². The summed E-state index contributed by atoms with van der Waals surface area (Å²) in [7, 11) is 0. The minimum Gasteiger partial charge on any atom is -0.353 e. The van der Waals surface area contributed by atoms with E-state index in [1.807, 2.05) is 48.5 Å². The van der Waals surface area contributed by atoms with Crippen LogP contribution >= 0.6 is 12.4 Å². The molecule has 0 spiro atoms. The molecule has 4 aromatic rings. The largest absolute Gasteiger partial charge is 0.353 e. The molecule has 0 fully saturated rings. The zero-order valence-corrected chi connectivity index (χ0v) is 13.5. The molecule has 4 rings (SSSR count). The summed E-state index contributed by atoms with van der Waals surface area (Å²) >= 11 is 0. The second-order valence-electron chi connectivity index (χ2n) is 5.30. The zero-order valence-electron chi connectivity index (χ0n) is 12.7. The topological polar surface area (TPSA) is 40.7 Å². The van der Waals surface area contributed by atoms with Crippen molar-refractivity contribution in [2.45, 2.75) is 0 Å². The van der Waals surface area contributed by atoms with Gasteiger partial charge < -0.3 is 5.32 Å². The van der Waals surface area contributed by atoms with Crippen molar-refractivity contribution >= 4 is 34.7 Å². The third kappa shape index (κ3) is 2.96. The van der Waals surface area contributed by atoms with Gasteiger partial charge in [0.15, 0.2) is 0 Å². The summed E-state index contributed by atoms with van der Waals surface area (Å²) in [4.78, 5) is 0. The molecule has 0 aliphatic rings. The molecule has 1 aromatic heterocycles. The highest BCUT2D eigenvalue weighted by Crippen LogP contribution is 2.29. The van der Waals surface area contributed by atoms with Crippen molar-refractivity contribution in [2.75, 3.05) is 5.32 Å². The molecule has 1 heterocycles. The molecule has 0 bridgehead atoms. The molecule has 120 valence electrons. The lowest BCUT2D eigenvalue weighted by atomic mass is 10.1. The van der Waals surface area contributed by atoms with Gasteiger partial charge in [0, 0.05) is 16.6 Å². The fourth-order valence-electron chi connectivity index (χ4n) is 2.63. The number of H-pyrrole nitrogens is 1. The SMILES string of the molecule is Cl.Fc1ccccc1Nc1ccc2c(-c3ccccc3)n[nH]c2c1. The van der Waals surface area contributed by atoms with E-state index in [-0.39, 0.29) is 18.2 Å². The van der Waals surface area contributed by atoms with Crippen molar-refractivity contribution in [3.8, 4) is 11.3 Å². The first kappa shape index (κ1) is 16.0. The van der Waals surface area contributed by atoms with Gasteiger partial charge in [-0.2, -0.15) is 5.10 Å². The van der Waals surface area contributed by atoms with Gasteiger partial charge in [-0.25, -0.2) is 4.39 Å². The number of benzene rings is 3. The van der Waals surface area contributed by atoms with Crippen LogP contribution in [0.4, 0.5) is 15.8 Å². The van der Waals surface area contributed by atoms with Crippen LogP contribution in [0.15, 0.2) is 72.8 Å². The standard InChI is InChI=1S/C19H14FN3.ClH/c20-16-8-4-5-9-17(16)21-14-10-11-15-18(12-14)22-23-19(15)13-6-2-1-3-7-13;/h1-12,21H,(H,22,23);1H. The predicted octanol–water partition coefficient (Wildman–Crippen LogP) is 5.53. The van der Waals surface area contributed by atoms with Gasteiger partial charge in [0.2, 0.25) is 0 Å². The summed E-state index contributed by atoms with van der Waals surface area (Å²) in [6.45, 7) is 0. The maximum Gasteiger partial charge on any atom is 0.146 e. The second-order valence-corrected chi connectivity index (χ2v) is 5.30. The number of hydrogen-bond acceptors (Lipinski definition) is 2. The first-order chi connectivity index (χ1) is 11.3. The molecule has 0 unspecified atom stereocenters. The van der Waals surface area contributed by atoms with Crippen LogP contribution in [0, 0.1) is 5.82 Å². The van der Waals surface area contributed by atoms with Gasteiger partial charge in [0.1, 0.15) is 5.82 Å².